The second kappa shape index (κ2) is 8.95. The van der Waals surface area contributed by atoms with Gasteiger partial charge in [-0.15, -0.1) is 5.10 Å². The van der Waals surface area contributed by atoms with Crippen LogP contribution in [-0.2, 0) is 20.5 Å². The normalized spacial score (nSPS) is 27.8. The highest BCUT2D eigenvalue weighted by molar-refractivity contribution is 5.70. The van der Waals surface area contributed by atoms with Crippen molar-refractivity contribution >= 4 is 17.4 Å². The fourth-order valence-corrected chi connectivity index (χ4v) is 6.60. The molecule has 39 heavy (non-hydrogen) atoms. The smallest absolute Gasteiger partial charge is 0.411 e. The van der Waals surface area contributed by atoms with E-state index in [0.717, 1.165) is 36.4 Å². The lowest BCUT2D eigenvalue weighted by Gasteiger charge is -2.48. The SMILES string of the molecule is Cc1cc(N2CC[C@](C)(c3ccccc3)C2)cn2nc(C34CC(CO3)C4N(CC#N)C(=O)OC(C)(C)C)nc12. The topological polar surface area (TPSA) is 96.0 Å². The molecule has 2 aromatic heterocycles. The molecule has 0 spiro atoms. The Bertz CT molecular complexity index is 1450. The second-order valence-electron chi connectivity index (χ2n) is 12.6. The summed E-state index contributed by atoms with van der Waals surface area (Å²) in [6.45, 7) is 12.2. The van der Waals surface area contributed by atoms with Gasteiger partial charge in [-0.2, -0.15) is 5.26 Å². The van der Waals surface area contributed by atoms with Gasteiger partial charge >= 0.3 is 6.09 Å². The molecule has 0 radical (unpaired) electrons. The molecule has 2 bridgehead atoms. The average Bonchev–Trinajstić information content (AvgIpc) is 3.65. The molecule has 3 unspecified atom stereocenters. The van der Waals surface area contributed by atoms with Crippen LogP contribution in [0.3, 0.4) is 0 Å². The summed E-state index contributed by atoms with van der Waals surface area (Å²) in [6.07, 6.45) is 3.34. The zero-order valence-electron chi connectivity index (χ0n) is 23.3. The molecule has 3 aliphatic heterocycles. The van der Waals surface area contributed by atoms with E-state index in [-0.39, 0.29) is 23.9 Å². The minimum absolute atomic E-state index is 0.0765. The zero-order chi connectivity index (χ0) is 27.6. The maximum absolute atomic E-state index is 13.1. The van der Waals surface area contributed by atoms with Crippen LogP contribution in [0.15, 0.2) is 42.6 Å². The maximum Gasteiger partial charge on any atom is 0.411 e. The van der Waals surface area contributed by atoms with Crippen LogP contribution in [0.1, 0.15) is 57.5 Å². The standard InChI is InChI=1S/C30H36N6O3/c1-20-15-23(34-13-11-29(5,19-34)22-9-7-6-8-10-22)17-36-25(20)32-26(33-36)30-16-21(18-38-30)24(30)35(14-12-31)27(37)39-28(2,3)4/h6-10,15,17,21,24H,11,13-14,16,18-19H2,1-5H3/t21?,24?,29-,30?/m0/s1. The van der Waals surface area contributed by atoms with E-state index in [0.29, 0.717) is 18.9 Å². The molecule has 1 saturated carbocycles. The van der Waals surface area contributed by atoms with E-state index in [2.05, 4.69) is 61.2 Å². The fourth-order valence-electron chi connectivity index (χ4n) is 6.60. The predicted octanol–water partition coefficient (Wildman–Crippen LogP) is 4.58. The molecule has 7 rings (SSSR count). The lowest BCUT2D eigenvalue weighted by molar-refractivity contribution is -0.0886. The predicted molar refractivity (Wildman–Crippen MR) is 146 cm³/mol. The van der Waals surface area contributed by atoms with Gasteiger partial charge in [-0.3, -0.25) is 4.90 Å². The number of hydrogen-bond donors (Lipinski definition) is 0. The molecule has 9 nitrogen and oxygen atoms in total. The summed E-state index contributed by atoms with van der Waals surface area (Å²) in [7, 11) is 0. The molecule has 1 aromatic carbocycles. The Labute approximate surface area is 229 Å². The Balaban J connectivity index is 1.30. The van der Waals surface area contributed by atoms with Crippen molar-refractivity contribution in [3.8, 4) is 6.07 Å². The van der Waals surface area contributed by atoms with E-state index < -0.39 is 17.3 Å². The number of anilines is 1. The number of nitriles is 1. The van der Waals surface area contributed by atoms with Crippen LogP contribution in [0.5, 0.6) is 0 Å². The van der Waals surface area contributed by atoms with Crippen molar-refractivity contribution < 1.29 is 14.3 Å². The van der Waals surface area contributed by atoms with Crippen LogP contribution in [0.4, 0.5) is 10.5 Å². The first kappa shape index (κ1) is 25.6. The molecule has 9 heteroatoms. The summed E-state index contributed by atoms with van der Waals surface area (Å²) >= 11 is 0. The van der Waals surface area contributed by atoms with E-state index in [9.17, 15) is 10.1 Å². The molecule has 4 atom stereocenters. The Morgan fingerprint density at radius 2 is 2.08 bits per heavy atom. The van der Waals surface area contributed by atoms with Crippen molar-refractivity contribution in [3.63, 3.8) is 0 Å². The van der Waals surface area contributed by atoms with Crippen molar-refractivity contribution in [3.05, 3.63) is 59.5 Å². The summed E-state index contributed by atoms with van der Waals surface area (Å²) in [4.78, 5) is 21.9. The number of benzene rings is 1. The van der Waals surface area contributed by atoms with Crippen molar-refractivity contribution in [1.82, 2.24) is 19.5 Å². The first-order chi connectivity index (χ1) is 18.5. The maximum atomic E-state index is 13.1. The molecule has 204 valence electrons. The Kier molecular flexibility index (Phi) is 5.88. The van der Waals surface area contributed by atoms with Gasteiger partial charge in [0.2, 0.25) is 0 Å². The van der Waals surface area contributed by atoms with Gasteiger partial charge in [-0.25, -0.2) is 14.3 Å². The van der Waals surface area contributed by atoms with Crippen molar-refractivity contribution in [1.29, 1.82) is 5.26 Å². The third-order valence-electron chi connectivity index (χ3n) is 8.54. The van der Waals surface area contributed by atoms with Crippen LogP contribution >= 0.6 is 0 Å². The summed E-state index contributed by atoms with van der Waals surface area (Å²) in [5.74, 6) is 0.679. The number of pyridine rings is 1. The number of aromatic nitrogens is 3. The van der Waals surface area contributed by atoms with Gasteiger partial charge in [0.05, 0.1) is 30.6 Å². The average molecular weight is 529 g/mol. The minimum Gasteiger partial charge on any atom is -0.444 e. The van der Waals surface area contributed by atoms with Gasteiger partial charge in [0.1, 0.15) is 12.1 Å². The monoisotopic (exact) mass is 528 g/mol. The van der Waals surface area contributed by atoms with E-state index in [1.54, 1.807) is 0 Å². The Morgan fingerprint density at radius 1 is 1.31 bits per heavy atom. The van der Waals surface area contributed by atoms with Gasteiger partial charge in [-0.05, 0) is 57.7 Å². The highest BCUT2D eigenvalue weighted by atomic mass is 16.6. The third kappa shape index (κ3) is 4.22. The number of ether oxygens (including phenoxy) is 2. The number of fused-ring (bicyclic) bond motifs is 2. The molecule has 4 fully saturated rings. The lowest BCUT2D eigenvalue weighted by Crippen LogP contribution is -2.62. The van der Waals surface area contributed by atoms with Gasteiger partial charge < -0.3 is 14.4 Å². The number of hydrogen-bond acceptors (Lipinski definition) is 7. The molecule has 4 aliphatic rings. The molecule has 3 saturated heterocycles. The Hall–Kier alpha value is -3.64. The van der Waals surface area contributed by atoms with Crippen molar-refractivity contribution in [2.45, 2.75) is 70.1 Å². The van der Waals surface area contributed by atoms with E-state index in [1.165, 1.54) is 10.5 Å². The van der Waals surface area contributed by atoms with Crippen LogP contribution in [0.25, 0.3) is 5.65 Å². The number of rotatable bonds is 5. The highest BCUT2D eigenvalue weighted by Gasteiger charge is 2.67. The van der Waals surface area contributed by atoms with Crippen LogP contribution in [0, 0.1) is 24.2 Å². The Morgan fingerprint density at radius 3 is 2.77 bits per heavy atom. The molecule has 1 amide bonds. The minimum atomic E-state index is -0.837. The molecule has 5 heterocycles. The first-order valence-corrected chi connectivity index (χ1v) is 13.7. The number of aryl methyl sites for hydroxylation is 1. The van der Waals surface area contributed by atoms with Crippen LogP contribution in [0.2, 0.25) is 0 Å². The van der Waals surface area contributed by atoms with Crippen molar-refractivity contribution in [2.24, 2.45) is 5.92 Å². The molecule has 0 N–H and O–H groups in total. The van der Waals surface area contributed by atoms with Gasteiger partial charge in [0.25, 0.3) is 0 Å². The lowest BCUT2D eigenvalue weighted by atomic mass is 9.68. The van der Waals surface area contributed by atoms with E-state index in [4.69, 9.17) is 19.6 Å². The van der Waals surface area contributed by atoms with E-state index >= 15 is 0 Å². The first-order valence-electron chi connectivity index (χ1n) is 13.7. The molecular weight excluding hydrogens is 492 g/mol. The second-order valence-corrected chi connectivity index (χ2v) is 12.6. The number of nitrogens with zero attached hydrogens (tertiary/aromatic N) is 6. The highest BCUT2D eigenvalue weighted by Crippen LogP contribution is 2.57. The van der Waals surface area contributed by atoms with Gasteiger partial charge in [0.15, 0.2) is 17.1 Å². The number of carbonyl (C=O) groups excluding carboxylic acids is 1. The van der Waals surface area contributed by atoms with Gasteiger partial charge in [0, 0.05) is 24.4 Å². The number of amides is 1. The quantitative estimate of drug-likeness (QED) is 0.447. The molecular formula is C30H36N6O3. The summed E-state index contributed by atoms with van der Waals surface area (Å²) in [6, 6.07) is 14.7. The van der Waals surface area contributed by atoms with E-state index in [1.807, 2.05) is 31.5 Å². The number of carbonyl (C=O) groups is 1. The summed E-state index contributed by atoms with van der Waals surface area (Å²) in [5, 5.41) is 14.4. The molecule has 3 aromatic rings. The van der Waals surface area contributed by atoms with Crippen LogP contribution < -0.4 is 4.90 Å². The fraction of sp³-hybridized carbons (Fsp3) is 0.533. The van der Waals surface area contributed by atoms with Gasteiger partial charge in [-0.1, -0.05) is 37.3 Å². The largest absolute Gasteiger partial charge is 0.444 e. The van der Waals surface area contributed by atoms with Crippen molar-refractivity contribution in [2.75, 3.05) is 31.1 Å². The summed E-state index contributed by atoms with van der Waals surface area (Å²) < 4.78 is 13.8. The molecule has 1 aliphatic carbocycles. The summed E-state index contributed by atoms with van der Waals surface area (Å²) in [5.41, 5.74) is 2.87. The zero-order valence-corrected chi connectivity index (χ0v) is 23.3. The van der Waals surface area contributed by atoms with Crippen LogP contribution in [-0.4, -0.2) is 63.5 Å². The third-order valence-corrected chi connectivity index (χ3v) is 8.54.